The van der Waals surface area contributed by atoms with E-state index < -0.39 is 5.97 Å². The Bertz CT molecular complexity index is 2680. The Labute approximate surface area is 329 Å². The van der Waals surface area contributed by atoms with Crippen molar-refractivity contribution in [3.05, 3.63) is 154 Å². The topological polar surface area (TPSA) is 126 Å². The van der Waals surface area contributed by atoms with E-state index >= 15 is 0 Å². The molecular formula is C43H30ClN5O4S2. The fourth-order valence-electron chi connectivity index (χ4n) is 5.76. The zero-order chi connectivity index (χ0) is 38.3. The van der Waals surface area contributed by atoms with Crippen LogP contribution >= 0.6 is 34.3 Å². The van der Waals surface area contributed by atoms with Gasteiger partial charge in [-0.1, -0.05) is 96.5 Å². The van der Waals surface area contributed by atoms with Crippen LogP contribution < -0.4 is 10.6 Å². The zero-order valence-corrected chi connectivity index (χ0v) is 31.8. The lowest BCUT2D eigenvalue weighted by Gasteiger charge is -2.09. The number of nitrogens with one attached hydrogen (secondary N) is 2. The Morgan fingerprint density at radius 2 is 1.04 bits per heavy atom. The third kappa shape index (κ3) is 8.17. The highest BCUT2D eigenvalue weighted by atomic mass is 35.5. The molecule has 8 rings (SSSR count). The fraction of sp³-hybridized carbons (Fsp3) is 0.0465. The van der Waals surface area contributed by atoms with E-state index in [2.05, 4.69) is 63.1 Å². The summed E-state index contributed by atoms with van der Waals surface area (Å²) >= 11 is 8.68. The third-order valence-electron chi connectivity index (χ3n) is 8.50. The minimum absolute atomic E-state index is 0.292. The fourth-order valence-corrected chi connectivity index (χ4v) is 8.05. The first-order valence-electron chi connectivity index (χ1n) is 16.8. The predicted octanol–water partition coefficient (Wildman–Crippen LogP) is 11.5. The van der Waals surface area contributed by atoms with E-state index in [0.29, 0.717) is 25.3 Å². The van der Waals surface area contributed by atoms with E-state index in [1.807, 2.05) is 72.8 Å². The molecule has 270 valence electrons. The molecule has 9 nitrogen and oxygen atoms in total. The number of fused-ring (bicyclic) bond motifs is 2. The summed E-state index contributed by atoms with van der Waals surface area (Å²) in [5, 5.41) is 18.0. The summed E-state index contributed by atoms with van der Waals surface area (Å²) in [6, 6.07) is 42.1. The van der Waals surface area contributed by atoms with Crippen molar-refractivity contribution in [2.45, 2.75) is 0 Å². The molecule has 55 heavy (non-hydrogen) atoms. The Morgan fingerprint density at radius 3 is 1.49 bits per heavy atom. The molecule has 0 aliphatic carbocycles. The van der Waals surface area contributed by atoms with Crippen LogP contribution in [0.15, 0.2) is 134 Å². The van der Waals surface area contributed by atoms with Crippen LogP contribution in [0.4, 0.5) is 22.7 Å². The Hall–Kier alpha value is -6.58. The van der Waals surface area contributed by atoms with Crippen LogP contribution in [0.5, 0.6) is 0 Å². The van der Waals surface area contributed by atoms with Crippen LogP contribution in [-0.2, 0) is 9.47 Å². The van der Waals surface area contributed by atoms with Gasteiger partial charge in [0.25, 0.3) is 0 Å². The molecule has 4 heterocycles. The maximum atomic E-state index is 11.9. The van der Waals surface area contributed by atoms with Crippen LogP contribution in [0.3, 0.4) is 0 Å². The molecule has 0 saturated heterocycles. The Kier molecular flexibility index (Phi) is 11.1. The van der Waals surface area contributed by atoms with Crippen LogP contribution in [0.25, 0.3) is 42.4 Å². The number of pyridine rings is 2. The summed E-state index contributed by atoms with van der Waals surface area (Å²) in [5.41, 5.74) is 8.20. The predicted molar refractivity (Wildman–Crippen MR) is 222 cm³/mol. The average Bonchev–Trinajstić information content (AvgIpc) is 3.91. The van der Waals surface area contributed by atoms with Gasteiger partial charge in [0.05, 0.1) is 47.4 Å². The molecule has 0 bridgehead atoms. The molecule has 0 atom stereocenters. The molecule has 0 spiro atoms. The summed E-state index contributed by atoms with van der Waals surface area (Å²) in [6.07, 6.45) is 3.28. The van der Waals surface area contributed by atoms with Gasteiger partial charge < -0.3 is 20.1 Å². The Balaban J connectivity index is 0.000000169. The number of halogens is 1. The van der Waals surface area contributed by atoms with Crippen molar-refractivity contribution in [2.24, 2.45) is 0 Å². The molecule has 0 aliphatic rings. The van der Waals surface area contributed by atoms with Gasteiger partial charge in [0, 0.05) is 22.1 Å². The largest absolute Gasteiger partial charge is 0.465 e. The highest BCUT2D eigenvalue weighted by molar-refractivity contribution is 7.21. The lowest BCUT2D eigenvalue weighted by molar-refractivity contribution is 0.0597. The maximum absolute atomic E-state index is 11.9. The quantitative estimate of drug-likeness (QED) is 0.114. The molecule has 0 saturated carbocycles. The molecule has 12 heteroatoms. The number of rotatable bonds is 8. The number of carbonyl (C=O) groups excluding carboxylic acids is 2. The zero-order valence-electron chi connectivity index (χ0n) is 29.4. The summed E-state index contributed by atoms with van der Waals surface area (Å²) in [6.45, 7) is 0. The molecule has 0 fully saturated rings. The second-order valence-electron chi connectivity index (χ2n) is 11.9. The number of hydrogen-bond donors (Lipinski definition) is 2. The molecule has 0 radical (unpaired) electrons. The van der Waals surface area contributed by atoms with E-state index in [4.69, 9.17) is 21.1 Å². The van der Waals surface area contributed by atoms with Crippen molar-refractivity contribution in [3.8, 4) is 28.3 Å². The van der Waals surface area contributed by atoms with E-state index in [0.717, 1.165) is 54.9 Å². The first-order valence-corrected chi connectivity index (χ1v) is 18.8. The number of methoxy groups -OCH3 is 2. The lowest BCUT2D eigenvalue weighted by Crippen LogP contribution is -1.96. The van der Waals surface area contributed by atoms with E-state index in [9.17, 15) is 14.9 Å². The van der Waals surface area contributed by atoms with E-state index in [1.54, 1.807) is 24.5 Å². The molecule has 0 unspecified atom stereocenters. The second-order valence-corrected chi connectivity index (χ2v) is 14.4. The number of benzene rings is 4. The van der Waals surface area contributed by atoms with E-state index in [1.165, 1.54) is 42.5 Å². The van der Waals surface area contributed by atoms with E-state index in [-0.39, 0.29) is 5.97 Å². The standard InChI is InChI=1S/C22H15N3O2S.C21H15ClN2O2S/c1-27-22(26)20-11-17-19(13-24-18(12-23)21(17)28-20)25-16-9-7-15(8-10-16)14-5-3-2-4-6-14;1-26-21(25)18-11-16-17(12-23-20(22)19(16)27-18)24-15-9-7-14(8-10-15)13-5-3-2-4-6-13/h2-11,13,25H,1H3;2-12,24H,1H3. The number of thiophene rings is 2. The first kappa shape index (κ1) is 36.8. The summed E-state index contributed by atoms with van der Waals surface area (Å²) < 4.78 is 11.0. The minimum Gasteiger partial charge on any atom is -0.465 e. The molecule has 2 N–H and O–H groups in total. The number of ether oxygens (including phenoxy) is 2. The van der Waals surface area contributed by atoms with Crippen molar-refractivity contribution in [3.63, 3.8) is 0 Å². The van der Waals surface area contributed by atoms with Crippen LogP contribution in [0, 0.1) is 11.3 Å². The highest BCUT2D eigenvalue weighted by Gasteiger charge is 2.18. The highest BCUT2D eigenvalue weighted by Crippen LogP contribution is 2.38. The number of hydrogen-bond acceptors (Lipinski definition) is 11. The van der Waals surface area contributed by atoms with Gasteiger partial charge in [-0.05, 0) is 58.7 Å². The second kappa shape index (κ2) is 16.6. The van der Waals surface area contributed by atoms with Crippen LogP contribution in [-0.4, -0.2) is 36.1 Å². The van der Waals surface area contributed by atoms with Gasteiger partial charge in [0.1, 0.15) is 21.0 Å². The van der Waals surface area contributed by atoms with Gasteiger partial charge in [-0.3, -0.25) is 0 Å². The van der Waals surface area contributed by atoms with Gasteiger partial charge in [-0.15, -0.1) is 22.7 Å². The smallest absolute Gasteiger partial charge is 0.348 e. The van der Waals surface area contributed by atoms with Crippen molar-refractivity contribution < 1.29 is 19.1 Å². The number of esters is 2. The number of aromatic nitrogens is 2. The number of nitriles is 1. The summed E-state index contributed by atoms with van der Waals surface area (Å²) in [7, 11) is 2.70. The van der Waals surface area contributed by atoms with Crippen LogP contribution in [0.1, 0.15) is 25.0 Å². The molecule has 4 aromatic heterocycles. The Morgan fingerprint density at radius 1 is 0.618 bits per heavy atom. The molecule has 0 amide bonds. The first-order chi connectivity index (χ1) is 26.8. The summed E-state index contributed by atoms with van der Waals surface area (Å²) in [5.74, 6) is -0.811. The molecule has 0 aliphatic heterocycles. The van der Waals surface area contributed by atoms with Gasteiger partial charge in [-0.25, -0.2) is 19.6 Å². The molecule has 8 aromatic rings. The normalized spacial score (nSPS) is 10.6. The SMILES string of the molecule is COC(=O)c1cc2c(Nc3ccc(-c4ccccc4)cc3)cnc(C#N)c2s1.COC(=O)c1cc2c(Nc3ccc(-c4ccccc4)cc3)cnc(Cl)c2s1. The molecule has 4 aromatic carbocycles. The third-order valence-corrected chi connectivity index (χ3v) is 11.1. The van der Waals surface area contributed by atoms with Gasteiger partial charge >= 0.3 is 11.9 Å². The molecular weight excluding hydrogens is 750 g/mol. The maximum Gasteiger partial charge on any atom is 0.348 e. The van der Waals surface area contributed by atoms with Crippen molar-refractivity contribution in [2.75, 3.05) is 24.9 Å². The van der Waals surface area contributed by atoms with Crippen molar-refractivity contribution in [1.29, 1.82) is 5.26 Å². The number of anilines is 4. The van der Waals surface area contributed by atoms with Crippen molar-refractivity contribution in [1.82, 2.24) is 9.97 Å². The monoisotopic (exact) mass is 779 g/mol. The van der Waals surface area contributed by atoms with Gasteiger partial charge in [-0.2, -0.15) is 5.26 Å². The lowest BCUT2D eigenvalue weighted by atomic mass is 10.1. The minimum atomic E-state index is -0.428. The number of nitrogens with zero attached hydrogens (tertiary/aromatic N) is 3. The van der Waals surface area contributed by atoms with Crippen molar-refractivity contribution >= 4 is 89.1 Å². The van der Waals surface area contributed by atoms with Gasteiger partial charge in [0.15, 0.2) is 5.69 Å². The van der Waals surface area contributed by atoms with Gasteiger partial charge in [0.2, 0.25) is 0 Å². The van der Waals surface area contributed by atoms with Crippen LogP contribution in [0.2, 0.25) is 5.15 Å². The average molecular weight is 780 g/mol. The number of carbonyl (C=O) groups is 2. The summed E-state index contributed by atoms with van der Waals surface area (Å²) in [4.78, 5) is 33.1.